The Bertz CT molecular complexity index is 760. The molecule has 2 aromatic carbocycles. The van der Waals surface area contributed by atoms with Crippen LogP contribution < -0.4 is 21.0 Å². The number of nitrogens with zero attached hydrogens (tertiary/aromatic N) is 3. The van der Waals surface area contributed by atoms with Crippen molar-refractivity contribution in [3.63, 3.8) is 0 Å². The molecule has 2 heterocycles. The molecule has 7 heteroatoms. The Labute approximate surface area is 126 Å². The zero-order valence-corrected chi connectivity index (χ0v) is 11.5. The second kappa shape index (κ2) is 4.81. The molecule has 3 N–H and O–H groups in total. The van der Waals surface area contributed by atoms with Crippen LogP contribution in [-0.2, 0) is 0 Å². The maximum absolute atomic E-state index is 13.8. The zero-order valence-electron chi connectivity index (χ0n) is 11.5. The predicted octanol–water partition coefficient (Wildman–Crippen LogP) is 1.83. The molecule has 1 atom stereocenters. The zero-order chi connectivity index (χ0) is 15.1. The highest BCUT2D eigenvalue weighted by Crippen LogP contribution is 2.24. The van der Waals surface area contributed by atoms with Crippen LogP contribution in [0.2, 0.25) is 0 Å². The Hall–Kier alpha value is -2.93. The topological polar surface area (TPSA) is 66.8 Å². The lowest BCUT2D eigenvalue weighted by molar-refractivity contribution is 0.606. The second-order valence-corrected chi connectivity index (χ2v) is 4.98. The van der Waals surface area contributed by atoms with E-state index in [4.69, 9.17) is 5.41 Å². The SMILES string of the molecule is N=C1C2NN(c3ccccc3F)N=C2NN1c1ccccc1. The third-order valence-electron chi connectivity index (χ3n) is 3.57. The van der Waals surface area contributed by atoms with E-state index in [0.29, 0.717) is 17.4 Å². The number of nitrogens with one attached hydrogen (secondary N) is 3. The van der Waals surface area contributed by atoms with Crippen molar-refractivity contribution in [2.75, 3.05) is 10.1 Å². The second-order valence-electron chi connectivity index (χ2n) is 4.98. The van der Waals surface area contributed by atoms with Gasteiger partial charge in [0.15, 0.2) is 5.84 Å². The van der Waals surface area contributed by atoms with E-state index in [1.54, 1.807) is 23.2 Å². The normalized spacial score (nSPS) is 20.0. The quantitative estimate of drug-likeness (QED) is 0.791. The Morgan fingerprint density at radius 3 is 2.50 bits per heavy atom. The summed E-state index contributed by atoms with van der Waals surface area (Å²) in [6, 6.07) is 15.5. The van der Waals surface area contributed by atoms with Crippen LogP contribution in [-0.4, -0.2) is 17.7 Å². The molecule has 110 valence electrons. The highest BCUT2D eigenvalue weighted by molar-refractivity contribution is 6.21. The van der Waals surface area contributed by atoms with Gasteiger partial charge in [-0.2, -0.15) is 10.5 Å². The molecular formula is C15H13FN6. The summed E-state index contributed by atoms with van der Waals surface area (Å²) in [7, 11) is 0. The minimum Gasteiger partial charge on any atom is -0.285 e. The maximum atomic E-state index is 13.8. The van der Waals surface area contributed by atoms with Gasteiger partial charge in [-0.05, 0) is 24.3 Å². The van der Waals surface area contributed by atoms with Gasteiger partial charge in [0.05, 0.1) is 5.69 Å². The molecule has 0 aliphatic carbocycles. The average Bonchev–Trinajstić information content (AvgIpc) is 3.09. The lowest BCUT2D eigenvalue weighted by Crippen LogP contribution is -2.44. The van der Waals surface area contributed by atoms with Crippen molar-refractivity contribution in [2.24, 2.45) is 5.10 Å². The molecule has 1 fully saturated rings. The van der Waals surface area contributed by atoms with Gasteiger partial charge >= 0.3 is 0 Å². The van der Waals surface area contributed by atoms with Gasteiger partial charge in [-0.15, -0.1) is 5.10 Å². The number of hydrazine groups is 2. The third kappa shape index (κ3) is 1.91. The number of anilines is 2. The first-order chi connectivity index (χ1) is 10.7. The van der Waals surface area contributed by atoms with Crippen LogP contribution in [0.15, 0.2) is 59.7 Å². The van der Waals surface area contributed by atoms with Crippen molar-refractivity contribution in [1.29, 1.82) is 5.41 Å². The molecule has 0 amide bonds. The van der Waals surface area contributed by atoms with Gasteiger partial charge in [-0.1, -0.05) is 30.3 Å². The first-order valence-electron chi connectivity index (χ1n) is 6.83. The fourth-order valence-electron chi connectivity index (χ4n) is 2.49. The maximum Gasteiger partial charge on any atom is 0.170 e. The van der Waals surface area contributed by atoms with E-state index >= 15 is 0 Å². The van der Waals surface area contributed by atoms with Gasteiger partial charge in [0.1, 0.15) is 23.4 Å². The van der Waals surface area contributed by atoms with E-state index in [1.807, 2.05) is 30.3 Å². The number of rotatable bonds is 2. The first-order valence-corrected chi connectivity index (χ1v) is 6.83. The third-order valence-corrected chi connectivity index (χ3v) is 3.57. The molecular weight excluding hydrogens is 283 g/mol. The van der Waals surface area contributed by atoms with E-state index in [9.17, 15) is 4.39 Å². The summed E-state index contributed by atoms with van der Waals surface area (Å²) in [6.07, 6.45) is 0. The van der Waals surface area contributed by atoms with Crippen molar-refractivity contribution in [2.45, 2.75) is 6.04 Å². The fraction of sp³-hybridized carbons (Fsp3) is 0.0667. The van der Waals surface area contributed by atoms with Crippen LogP contribution in [0.25, 0.3) is 0 Å². The first kappa shape index (κ1) is 12.8. The van der Waals surface area contributed by atoms with Gasteiger partial charge in [-0.25, -0.2) is 9.40 Å². The van der Waals surface area contributed by atoms with E-state index in [1.165, 1.54) is 11.2 Å². The van der Waals surface area contributed by atoms with Crippen molar-refractivity contribution in [3.8, 4) is 0 Å². The molecule has 0 radical (unpaired) electrons. The summed E-state index contributed by atoms with van der Waals surface area (Å²) in [5.41, 5.74) is 7.27. The van der Waals surface area contributed by atoms with Crippen LogP contribution in [0.4, 0.5) is 15.8 Å². The molecule has 2 aliphatic heterocycles. The number of hydrogen-bond donors (Lipinski definition) is 3. The predicted molar refractivity (Wildman–Crippen MR) is 83.0 cm³/mol. The van der Waals surface area contributed by atoms with E-state index < -0.39 is 6.04 Å². The van der Waals surface area contributed by atoms with Gasteiger partial charge in [0.25, 0.3) is 0 Å². The van der Waals surface area contributed by atoms with Gasteiger partial charge in [0, 0.05) is 0 Å². The summed E-state index contributed by atoms with van der Waals surface area (Å²) < 4.78 is 13.8. The molecule has 1 unspecified atom stereocenters. The van der Waals surface area contributed by atoms with Crippen LogP contribution in [0.5, 0.6) is 0 Å². The molecule has 4 rings (SSSR count). The highest BCUT2D eigenvalue weighted by Gasteiger charge is 2.41. The number of hydrazone groups is 1. The van der Waals surface area contributed by atoms with Gasteiger partial charge < -0.3 is 0 Å². The molecule has 2 aliphatic rings. The summed E-state index contributed by atoms with van der Waals surface area (Å²) in [5, 5.41) is 15.6. The molecule has 0 aromatic heterocycles. The van der Waals surface area contributed by atoms with E-state index in [-0.39, 0.29) is 5.82 Å². The summed E-state index contributed by atoms with van der Waals surface area (Å²) >= 11 is 0. The Balaban J connectivity index is 1.62. The number of halogens is 1. The molecule has 6 nitrogen and oxygen atoms in total. The molecule has 22 heavy (non-hydrogen) atoms. The Morgan fingerprint density at radius 1 is 1.05 bits per heavy atom. The smallest absolute Gasteiger partial charge is 0.170 e. The van der Waals surface area contributed by atoms with Crippen molar-refractivity contribution < 1.29 is 4.39 Å². The highest BCUT2D eigenvalue weighted by atomic mass is 19.1. The van der Waals surface area contributed by atoms with E-state index in [2.05, 4.69) is 16.0 Å². The Kier molecular flexibility index (Phi) is 2.80. The number of benzene rings is 2. The molecule has 0 spiro atoms. The van der Waals surface area contributed by atoms with Gasteiger partial charge in [0.2, 0.25) is 0 Å². The van der Waals surface area contributed by atoms with Crippen LogP contribution >= 0.6 is 0 Å². The summed E-state index contributed by atoms with van der Waals surface area (Å²) in [6.45, 7) is 0. The molecule has 0 saturated carbocycles. The molecule has 0 bridgehead atoms. The monoisotopic (exact) mass is 296 g/mol. The van der Waals surface area contributed by atoms with Crippen molar-refractivity contribution in [3.05, 3.63) is 60.4 Å². The lowest BCUT2D eigenvalue weighted by Gasteiger charge is -2.22. The van der Waals surface area contributed by atoms with Crippen molar-refractivity contribution in [1.82, 2.24) is 10.9 Å². The largest absolute Gasteiger partial charge is 0.285 e. The number of amidine groups is 2. The van der Waals surface area contributed by atoms with Crippen LogP contribution in [0.3, 0.4) is 0 Å². The number of fused-ring (bicyclic) bond motifs is 1. The summed E-state index contributed by atoms with van der Waals surface area (Å²) in [4.78, 5) is 0. The number of hydrogen-bond acceptors (Lipinski definition) is 5. The standard InChI is InChI=1S/C15H13FN6/c16-11-8-4-5-9-12(11)22-18-13-14(17)21(19-15(13)20-22)10-6-2-1-3-7-10/h1-9,13,17-18H,(H,19,20). The minimum atomic E-state index is -0.417. The minimum absolute atomic E-state index is 0.309. The van der Waals surface area contributed by atoms with Crippen LogP contribution in [0, 0.1) is 11.2 Å². The fourth-order valence-corrected chi connectivity index (χ4v) is 2.49. The molecule has 1 saturated heterocycles. The lowest BCUT2D eigenvalue weighted by atomic mass is 10.2. The Morgan fingerprint density at radius 2 is 1.77 bits per heavy atom. The van der Waals surface area contributed by atoms with Crippen LogP contribution in [0.1, 0.15) is 0 Å². The van der Waals surface area contributed by atoms with Gasteiger partial charge in [-0.3, -0.25) is 10.8 Å². The number of para-hydroxylation sites is 2. The summed E-state index contributed by atoms with van der Waals surface area (Å²) in [5.74, 6) is 0.506. The molecule has 2 aromatic rings. The van der Waals surface area contributed by atoms with Crippen molar-refractivity contribution >= 4 is 23.0 Å². The van der Waals surface area contributed by atoms with E-state index in [0.717, 1.165) is 5.69 Å². The average molecular weight is 296 g/mol.